The first-order valence-corrected chi connectivity index (χ1v) is 13.2. The fourth-order valence-electron chi connectivity index (χ4n) is 5.65. The third-order valence-electron chi connectivity index (χ3n) is 7.38. The van der Waals surface area contributed by atoms with Crippen LogP contribution in [0.15, 0.2) is 103 Å². The standard InChI is InChI=1S/C33H25ClN4/c1-3-37-27-20-12-10-18-25(27)29-28(23-16-8-7-13-21(23)2)30-31(24-17-9-11-19-26(24)34)36-38(33(30)35-32(29)37)22-14-5-4-6-15-22/h4-20H,3H2,1-2H3. The average Bonchev–Trinajstić information content (AvgIpc) is 3.49. The number of rotatable bonds is 4. The van der Waals surface area contributed by atoms with Crippen LogP contribution < -0.4 is 0 Å². The van der Waals surface area contributed by atoms with E-state index in [9.17, 15) is 0 Å². The Balaban J connectivity index is 1.79. The maximum Gasteiger partial charge on any atom is 0.166 e. The Hall–Kier alpha value is -4.41. The van der Waals surface area contributed by atoms with Crippen molar-refractivity contribution in [2.24, 2.45) is 0 Å². The quantitative estimate of drug-likeness (QED) is 0.236. The summed E-state index contributed by atoms with van der Waals surface area (Å²) in [6, 6.07) is 35.3. The van der Waals surface area contributed by atoms with E-state index in [0.717, 1.165) is 51.1 Å². The number of hydrogen-bond donors (Lipinski definition) is 0. The normalized spacial score (nSPS) is 11.7. The molecule has 4 aromatic carbocycles. The molecule has 0 N–H and O–H groups in total. The van der Waals surface area contributed by atoms with Crippen molar-refractivity contribution in [2.75, 3.05) is 0 Å². The maximum absolute atomic E-state index is 6.81. The Bertz CT molecular complexity index is 1980. The van der Waals surface area contributed by atoms with Gasteiger partial charge in [-0.1, -0.05) is 90.5 Å². The van der Waals surface area contributed by atoms with Gasteiger partial charge in [-0.25, -0.2) is 9.67 Å². The van der Waals surface area contributed by atoms with E-state index >= 15 is 0 Å². The summed E-state index contributed by atoms with van der Waals surface area (Å²) in [5.41, 5.74) is 9.15. The predicted molar refractivity (Wildman–Crippen MR) is 158 cm³/mol. The molecule has 0 aliphatic rings. The molecular formula is C33H25ClN4. The number of fused-ring (bicyclic) bond motifs is 4. The molecule has 0 aliphatic carbocycles. The van der Waals surface area contributed by atoms with Gasteiger partial charge in [0.15, 0.2) is 5.65 Å². The molecule has 38 heavy (non-hydrogen) atoms. The van der Waals surface area contributed by atoms with Gasteiger partial charge in [0.1, 0.15) is 11.3 Å². The van der Waals surface area contributed by atoms with Crippen LogP contribution in [0.4, 0.5) is 0 Å². The minimum absolute atomic E-state index is 0.666. The van der Waals surface area contributed by atoms with Crippen molar-refractivity contribution < 1.29 is 0 Å². The lowest BCUT2D eigenvalue weighted by Crippen LogP contribution is -2.00. The van der Waals surface area contributed by atoms with Gasteiger partial charge < -0.3 is 4.57 Å². The number of hydrogen-bond acceptors (Lipinski definition) is 2. The largest absolute Gasteiger partial charge is 0.325 e. The topological polar surface area (TPSA) is 35.6 Å². The molecule has 0 saturated heterocycles. The molecule has 0 amide bonds. The first-order valence-electron chi connectivity index (χ1n) is 12.9. The summed E-state index contributed by atoms with van der Waals surface area (Å²) < 4.78 is 4.27. The molecule has 0 bridgehead atoms. The zero-order valence-electron chi connectivity index (χ0n) is 21.2. The average molecular weight is 513 g/mol. The van der Waals surface area contributed by atoms with Crippen LogP contribution >= 0.6 is 11.6 Å². The lowest BCUT2D eigenvalue weighted by Gasteiger charge is -2.12. The molecule has 4 nitrogen and oxygen atoms in total. The Morgan fingerprint density at radius 3 is 2.16 bits per heavy atom. The van der Waals surface area contributed by atoms with Crippen LogP contribution in [0.5, 0.6) is 0 Å². The van der Waals surface area contributed by atoms with Crippen molar-refractivity contribution in [1.29, 1.82) is 0 Å². The second-order valence-electron chi connectivity index (χ2n) is 9.54. The van der Waals surface area contributed by atoms with E-state index < -0.39 is 0 Å². The third kappa shape index (κ3) is 3.30. The van der Waals surface area contributed by atoms with E-state index in [0.29, 0.717) is 5.02 Å². The van der Waals surface area contributed by atoms with Gasteiger partial charge in [-0.3, -0.25) is 0 Å². The lowest BCUT2D eigenvalue weighted by molar-refractivity contribution is 0.815. The Kier molecular flexibility index (Phi) is 5.31. The summed E-state index contributed by atoms with van der Waals surface area (Å²) in [5, 5.41) is 9.21. The highest BCUT2D eigenvalue weighted by Crippen LogP contribution is 2.45. The molecule has 3 aromatic heterocycles. The minimum Gasteiger partial charge on any atom is -0.325 e. The Morgan fingerprint density at radius 1 is 0.711 bits per heavy atom. The van der Waals surface area contributed by atoms with E-state index in [4.69, 9.17) is 21.7 Å². The highest BCUT2D eigenvalue weighted by molar-refractivity contribution is 6.34. The summed E-state index contributed by atoms with van der Waals surface area (Å²) in [6.07, 6.45) is 0. The van der Waals surface area contributed by atoms with Crippen LogP contribution in [0.25, 0.3) is 61.0 Å². The van der Waals surface area contributed by atoms with Gasteiger partial charge in [0.25, 0.3) is 0 Å². The number of pyridine rings is 1. The Labute approximate surface area is 225 Å². The van der Waals surface area contributed by atoms with Gasteiger partial charge >= 0.3 is 0 Å². The lowest BCUT2D eigenvalue weighted by atomic mass is 9.93. The number of halogens is 1. The van der Waals surface area contributed by atoms with Crippen molar-refractivity contribution >= 4 is 44.6 Å². The summed E-state index contributed by atoms with van der Waals surface area (Å²) in [5.74, 6) is 0. The van der Waals surface area contributed by atoms with Crippen molar-refractivity contribution in [3.05, 3.63) is 114 Å². The molecule has 184 valence electrons. The van der Waals surface area contributed by atoms with Crippen molar-refractivity contribution in [3.63, 3.8) is 0 Å². The molecule has 7 aromatic rings. The van der Waals surface area contributed by atoms with Gasteiger partial charge in [0, 0.05) is 28.4 Å². The van der Waals surface area contributed by atoms with Crippen LogP contribution in [0.3, 0.4) is 0 Å². The summed E-state index contributed by atoms with van der Waals surface area (Å²) in [6.45, 7) is 5.16. The van der Waals surface area contributed by atoms with E-state index in [2.05, 4.69) is 79.1 Å². The fraction of sp³-hybridized carbons (Fsp3) is 0.0909. The van der Waals surface area contributed by atoms with E-state index in [-0.39, 0.29) is 0 Å². The highest BCUT2D eigenvalue weighted by atomic mass is 35.5. The van der Waals surface area contributed by atoms with Crippen molar-refractivity contribution in [2.45, 2.75) is 20.4 Å². The SMILES string of the molecule is CCn1c2ccccc2c2c(-c3ccccc3C)c3c(-c4ccccc4Cl)nn(-c4ccccc4)c3nc21. The van der Waals surface area contributed by atoms with Crippen LogP contribution in [0, 0.1) is 6.92 Å². The van der Waals surface area contributed by atoms with E-state index in [1.54, 1.807) is 0 Å². The molecule has 7 rings (SSSR count). The second-order valence-corrected chi connectivity index (χ2v) is 9.94. The number of aryl methyl sites for hydroxylation is 2. The van der Waals surface area contributed by atoms with E-state index in [1.807, 2.05) is 47.1 Å². The van der Waals surface area contributed by atoms with E-state index in [1.165, 1.54) is 22.0 Å². The van der Waals surface area contributed by atoms with Gasteiger partial charge in [0.2, 0.25) is 0 Å². The summed E-state index contributed by atoms with van der Waals surface area (Å²) in [4.78, 5) is 5.37. The molecular weight excluding hydrogens is 488 g/mol. The van der Waals surface area contributed by atoms with Crippen LogP contribution in [0.1, 0.15) is 12.5 Å². The zero-order chi connectivity index (χ0) is 25.8. The molecule has 0 spiro atoms. The number of para-hydroxylation sites is 2. The maximum atomic E-state index is 6.81. The van der Waals surface area contributed by atoms with Crippen LogP contribution in [-0.2, 0) is 6.54 Å². The van der Waals surface area contributed by atoms with Crippen molar-refractivity contribution in [1.82, 2.24) is 19.3 Å². The monoisotopic (exact) mass is 512 g/mol. The fourth-order valence-corrected chi connectivity index (χ4v) is 5.88. The first-order chi connectivity index (χ1) is 18.7. The zero-order valence-corrected chi connectivity index (χ0v) is 21.9. The van der Waals surface area contributed by atoms with Gasteiger partial charge in [-0.2, -0.15) is 5.10 Å². The minimum atomic E-state index is 0.666. The van der Waals surface area contributed by atoms with Crippen LogP contribution in [0.2, 0.25) is 5.02 Å². The number of aromatic nitrogens is 4. The molecule has 0 atom stereocenters. The number of nitrogens with zero attached hydrogens (tertiary/aromatic N) is 4. The first kappa shape index (κ1) is 22.8. The van der Waals surface area contributed by atoms with Gasteiger partial charge in [-0.15, -0.1) is 0 Å². The molecule has 0 unspecified atom stereocenters. The smallest absolute Gasteiger partial charge is 0.166 e. The molecule has 0 fully saturated rings. The molecule has 0 aliphatic heterocycles. The summed E-state index contributed by atoms with van der Waals surface area (Å²) >= 11 is 6.81. The molecule has 3 heterocycles. The van der Waals surface area contributed by atoms with Gasteiger partial charge in [-0.05, 0) is 49.2 Å². The molecule has 0 radical (unpaired) electrons. The van der Waals surface area contributed by atoms with Crippen molar-refractivity contribution in [3.8, 4) is 28.1 Å². The van der Waals surface area contributed by atoms with Gasteiger partial charge in [0.05, 0.1) is 21.6 Å². The number of benzene rings is 4. The Morgan fingerprint density at radius 2 is 1.39 bits per heavy atom. The highest BCUT2D eigenvalue weighted by Gasteiger charge is 2.26. The third-order valence-corrected chi connectivity index (χ3v) is 7.71. The molecule has 0 saturated carbocycles. The second kappa shape index (κ2) is 8.86. The predicted octanol–water partition coefficient (Wildman–Crippen LogP) is 8.84. The summed E-state index contributed by atoms with van der Waals surface area (Å²) in [7, 11) is 0. The molecule has 5 heteroatoms. The van der Waals surface area contributed by atoms with Crippen LogP contribution in [-0.4, -0.2) is 19.3 Å².